The van der Waals surface area contributed by atoms with Crippen molar-refractivity contribution >= 4 is 40.8 Å². The lowest BCUT2D eigenvalue weighted by Gasteiger charge is -2.32. The first-order valence-corrected chi connectivity index (χ1v) is 11.8. The lowest BCUT2D eigenvalue weighted by molar-refractivity contribution is 0.102. The van der Waals surface area contributed by atoms with Gasteiger partial charge in [0.2, 0.25) is 0 Å². The number of aromatic nitrogens is 5. The number of anilines is 4. The zero-order valence-corrected chi connectivity index (χ0v) is 19.7. The van der Waals surface area contributed by atoms with Crippen molar-refractivity contribution in [2.45, 2.75) is 30.3 Å². The van der Waals surface area contributed by atoms with Crippen molar-refractivity contribution in [3.8, 4) is 0 Å². The summed E-state index contributed by atoms with van der Waals surface area (Å²) in [5, 5.41) is 14.0. The Balaban J connectivity index is 0.00000160. The summed E-state index contributed by atoms with van der Waals surface area (Å²) in [6.07, 6.45) is 2.78. The summed E-state index contributed by atoms with van der Waals surface area (Å²) in [5.74, 6) is 2.08. The van der Waals surface area contributed by atoms with E-state index in [1.54, 1.807) is 6.20 Å². The maximum atomic E-state index is 12.5. The molecule has 34 heavy (non-hydrogen) atoms. The molecule has 0 aliphatic carbocycles. The summed E-state index contributed by atoms with van der Waals surface area (Å²) in [6.45, 7) is 5.80. The van der Waals surface area contributed by atoms with Gasteiger partial charge in [-0.15, -0.1) is 0 Å². The van der Waals surface area contributed by atoms with Crippen LogP contribution >= 0.6 is 11.8 Å². The molecule has 1 saturated heterocycles. The number of pyridine rings is 1. The van der Waals surface area contributed by atoms with Crippen molar-refractivity contribution in [1.82, 2.24) is 25.1 Å². The number of carbonyl (C=O) groups excluding carboxylic acids is 1. The van der Waals surface area contributed by atoms with Crippen LogP contribution in [-0.2, 0) is 0 Å². The average molecular weight is 479 g/mol. The first-order valence-electron chi connectivity index (χ1n) is 11.0. The van der Waals surface area contributed by atoms with Crippen molar-refractivity contribution in [3.63, 3.8) is 0 Å². The Labute approximate surface area is 205 Å². The van der Waals surface area contributed by atoms with Crippen LogP contribution in [0.4, 0.5) is 23.1 Å². The minimum atomic E-state index is -0.228. The van der Waals surface area contributed by atoms with Gasteiger partial charge in [-0.3, -0.25) is 14.9 Å². The highest BCUT2D eigenvalue weighted by molar-refractivity contribution is 7.99. The number of aryl methyl sites for hydroxylation is 2. The number of nitrogens with zero attached hydrogens (tertiary/aromatic N) is 5. The number of nitrogens with one attached hydrogen (secondary N) is 3. The third-order valence-electron chi connectivity index (χ3n) is 5.38. The molecule has 0 saturated carbocycles. The predicted molar refractivity (Wildman–Crippen MR) is 139 cm³/mol. The van der Waals surface area contributed by atoms with E-state index < -0.39 is 0 Å². The fourth-order valence-corrected chi connectivity index (χ4v) is 4.23. The zero-order valence-electron chi connectivity index (χ0n) is 18.9. The summed E-state index contributed by atoms with van der Waals surface area (Å²) in [5.41, 5.74) is 2.93. The maximum Gasteiger partial charge on any atom is 0.274 e. The molecule has 1 aliphatic heterocycles. The van der Waals surface area contributed by atoms with Gasteiger partial charge in [-0.2, -0.15) is 5.10 Å². The van der Waals surface area contributed by atoms with Crippen LogP contribution in [0.2, 0.25) is 0 Å². The van der Waals surface area contributed by atoms with Gasteiger partial charge >= 0.3 is 0 Å². The summed E-state index contributed by atoms with van der Waals surface area (Å²) < 4.78 is 0. The second kappa shape index (κ2) is 9.52. The largest absolute Gasteiger partial charge is 0.356 e. The van der Waals surface area contributed by atoms with E-state index in [2.05, 4.69) is 35.7 Å². The van der Waals surface area contributed by atoms with Crippen molar-refractivity contribution < 1.29 is 9.07 Å². The zero-order chi connectivity index (χ0) is 23.5. The molecule has 1 aliphatic rings. The second-order valence-corrected chi connectivity index (χ2v) is 9.09. The van der Waals surface area contributed by atoms with Gasteiger partial charge < -0.3 is 15.5 Å². The molecule has 1 fully saturated rings. The molecule has 0 radical (unpaired) electrons. The third kappa shape index (κ3) is 5.01. The Hall–Kier alpha value is -3.92. The van der Waals surface area contributed by atoms with Crippen LogP contribution in [0.25, 0.3) is 0 Å². The molecule has 3 N–H and O–H groups in total. The second-order valence-electron chi connectivity index (χ2n) is 8.05. The molecule has 4 aromatic rings. The van der Waals surface area contributed by atoms with Crippen molar-refractivity contribution in [1.29, 1.82) is 0 Å². The van der Waals surface area contributed by atoms with Crippen LogP contribution in [0.1, 0.15) is 32.4 Å². The Morgan fingerprint density at radius 3 is 2.59 bits per heavy atom. The SMILES string of the molecule is Cc1cc(Nc2cc(N3CCC3)nc(Sc3ccc(NC(=O)c4ncccc4C)cc3)n2)n[nH]1.[HH].[HH].[HH]. The molecule has 0 atom stereocenters. The number of aromatic amines is 1. The van der Waals surface area contributed by atoms with E-state index in [0.717, 1.165) is 35.1 Å². The summed E-state index contributed by atoms with van der Waals surface area (Å²) >= 11 is 1.47. The first-order chi connectivity index (χ1) is 16.5. The minimum absolute atomic E-state index is 0. The van der Waals surface area contributed by atoms with E-state index in [1.165, 1.54) is 18.2 Å². The lowest BCUT2D eigenvalue weighted by Crippen LogP contribution is -2.37. The van der Waals surface area contributed by atoms with Gasteiger partial charge in [0.15, 0.2) is 11.0 Å². The van der Waals surface area contributed by atoms with E-state index in [-0.39, 0.29) is 10.2 Å². The Morgan fingerprint density at radius 2 is 1.91 bits per heavy atom. The average Bonchev–Trinajstić information content (AvgIpc) is 3.18. The summed E-state index contributed by atoms with van der Waals surface area (Å²) in [6, 6.07) is 15.2. The van der Waals surface area contributed by atoms with E-state index in [4.69, 9.17) is 4.98 Å². The molecule has 0 bridgehead atoms. The van der Waals surface area contributed by atoms with Gasteiger partial charge in [0.05, 0.1) is 0 Å². The fraction of sp³-hybridized carbons (Fsp3) is 0.208. The molecule has 4 heterocycles. The molecule has 1 amide bonds. The van der Waals surface area contributed by atoms with Gasteiger partial charge in [-0.25, -0.2) is 9.97 Å². The summed E-state index contributed by atoms with van der Waals surface area (Å²) in [7, 11) is 0. The summed E-state index contributed by atoms with van der Waals surface area (Å²) in [4.78, 5) is 29.3. The monoisotopic (exact) mass is 478 g/mol. The quantitative estimate of drug-likeness (QED) is 0.307. The lowest BCUT2D eigenvalue weighted by atomic mass is 10.2. The number of hydrogen-bond donors (Lipinski definition) is 3. The number of benzene rings is 1. The molecular weight excluding hydrogens is 448 g/mol. The Bertz CT molecular complexity index is 1330. The smallest absolute Gasteiger partial charge is 0.274 e. The molecule has 0 unspecified atom stereocenters. The molecule has 1 aromatic carbocycles. The van der Waals surface area contributed by atoms with Crippen LogP contribution in [0.3, 0.4) is 0 Å². The maximum absolute atomic E-state index is 12.5. The Kier molecular flexibility index (Phi) is 6.13. The number of hydrogen-bond acceptors (Lipinski definition) is 8. The van der Waals surface area contributed by atoms with Crippen molar-refractivity contribution in [2.24, 2.45) is 0 Å². The fourth-order valence-electron chi connectivity index (χ4n) is 3.47. The van der Waals surface area contributed by atoms with Crippen LogP contribution in [0, 0.1) is 13.8 Å². The third-order valence-corrected chi connectivity index (χ3v) is 6.25. The highest BCUT2D eigenvalue weighted by Gasteiger charge is 2.19. The highest BCUT2D eigenvalue weighted by Crippen LogP contribution is 2.31. The van der Waals surface area contributed by atoms with E-state index in [9.17, 15) is 4.79 Å². The van der Waals surface area contributed by atoms with Gasteiger partial charge in [0, 0.05) is 52.0 Å². The molecule has 10 heteroatoms. The van der Waals surface area contributed by atoms with Crippen LogP contribution in [0.5, 0.6) is 0 Å². The van der Waals surface area contributed by atoms with Crippen molar-refractivity contribution in [3.05, 3.63) is 71.7 Å². The van der Waals surface area contributed by atoms with Crippen LogP contribution < -0.4 is 15.5 Å². The molecule has 5 rings (SSSR count). The standard InChI is InChI=1S/C24H24N8OS.3H2/c1-15-5-3-10-25-22(15)23(33)26-17-6-8-18(9-7-17)34-24-28-19(27-20-13-16(2)30-31-20)14-21(29-24)32-11-4-12-32;;;/h3,5-10,13-14H,4,11-12H2,1-2H3,(H,26,33)(H2,27,28,29,30,31);3*1H. The molecule has 178 valence electrons. The van der Waals surface area contributed by atoms with E-state index in [0.29, 0.717) is 28.2 Å². The minimum Gasteiger partial charge on any atom is -0.356 e. The molecular formula is C24H30N8OS. The number of rotatable bonds is 7. The first kappa shape index (κ1) is 21.9. The topological polar surface area (TPSA) is 112 Å². The molecule has 0 spiro atoms. The van der Waals surface area contributed by atoms with Crippen LogP contribution in [-0.4, -0.2) is 44.1 Å². The van der Waals surface area contributed by atoms with Gasteiger partial charge in [0.1, 0.15) is 17.3 Å². The number of carbonyl (C=O) groups is 1. The normalized spacial score (nSPS) is 12.8. The van der Waals surface area contributed by atoms with E-state index in [1.807, 2.05) is 62.4 Å². The molecule has 3 aromatic heterocycles. The predicted octanol–water partition coefficient (Wildman–Crippen LogP) is 5.31. The Morgan fingerprint density at radius 1 is 1.09 bits per heavy atom. The number of amides is 1. The van der Waals surface area contributed by atoms with Gasteiger partial charge in [0.25, 0.3) is 5.91 Å². The number of H-pyrrole nitrogens is 1. The van der Waals surface area contributed by atoms with Crippen LogP contribution in [0.15, 0.2) is 64.8 Å². The van der Waals surface area contributed by atoms with Crippen molar-refractivity contribution in [2.75, 3.05) is 28.6 Å². The van der Waals surface area contributed by atoms with Gasteiger partial charge in [-0.1, -0.05) is 6.07 Å². The van der Waals surface area contributed by atoms with Gasteiger partial charge in [-0.05, 0) is 67.9 Å². The highest BCUT2D eigenvalue weighted by atomic mass is 32.2. The molecule has 9 nitrogen and oxygen atoms in total. The van der Waals surface area contributed by atoms with E-state index >= 15 is 0 Å².